The predicted molar refractivity (Wildman–Crippen MR) is 110 cm³/mol. The van der Waals surface area contributed by atoms with E-state index in [0.717, 1.165) is 36.6 Å². The van der Waals surface area contributed by atoms with E-state index in [-0.39, 0.29) is 0 Å². The fourth-order valence-electron chi connectivity index (χ4n) is 2.84. The third-order valence-electron chi connectivity index (χ3n) is 4.23. The molecule has 0 bridgehead atoms. The number of sulfone groups is 1. The molecule has 0 saturated carbocycles. The van der Waals surface area contributed by atoms with Crippen LogP contribution in [0.4, 0.5) is 0 Å². The zero-order chi connectivity index (χ0) is 19.9. The fraction of sp³-hybridized carbons (Fsp3) is 0.400. The number of benzene rings is 1. The maximum atomic E-state index is 11.7. The van der Waals surface area contributed by atoms with E-state index in [9.17, 15) is 8.42 Å². The quantitative estimate of drug-likeness (QED) is 0.562. The standard InChI is InChI=1S/C20H28N4O2S/c1-5-22-20(23-11-9-18-8-10-21-13-16(18)3)24-14-17-6-7-19(15(2)12-17)27(4,25)26/h6-8,10,12-13H,5,9,11,14H2,1-4H3,(H2,22,23,24). The number of aliphatic imine (C=N–C) groups is 1. The number of nitrogens with one attached hydrogen (secondary N) is 2. The molecular weight excluding hydrogens is 360 g/mol. The SMILES string of the molecule is CCNC(=NCc1ccc(S(C)(=O)=O)c(C)c1)NCCc1ccncc1C. The molecule has 1 aromatic heterocycles. The number of rotatable bonds is 7. The monoisotopic (exact) mass is 388 g/mol. The Balaban J connectivity index is 2.00. The Labute approximate surface area is 162 Å². The molecule has 0 spiro atoms. The number of hydrogen-bond donors (Lipinski definition) is 2. The van der Waals surface area contributed by atoms with Crippen LogP contribution in [-0.2, 0) is 22.8 Å². The second-order valence-electron chi connectivity index (χ2n) is 6.55. The topological polar surface area (TPSA) is 83.5 Å². The van der Waals surface area contributed by atoms with Crippen LogP contribution < -0.4 is 10.6 Å². The minimum absolute atomic E-state index is 0.369. The smallest absolute Gasteiger partial charge is 0.191 e. The van der Waals surface area contributed by atoms with Crippen molar-refractivity contribution in [1.29, 1.82) is 0 Å². The summed E-state index contributed by atoms with van der Waals surface area (Å²) < 4.78 is 23.4. The van der Waals surface area contributed by atoms with Crippen LogP contribution in [0, 0.1) is 13.8 Å². The summed E-state index contributed by atoms with van der Waals surface area (Å²) in [4.78, 5) is 9.09. The van der Waals surface area contributed by atoms with Crippen LogP contribution in [0.5, 0.6) is 0 Å². The zero-order valence-corrected chi connectivity index (χ0v) is 17.2. The van der Waals surface area contributed by atoms with Crippen LogP contribution in [0.15, 0.2) is 46.5 Å². The first-order valence-electron chi connectivity index (χ1n) is 9.02. The van der Waals surface area contributed by atoms with Gasteiger partial charge in [-0.1, -0.05) is 12.1 Å². The number of aryl methyl sites for hydroxylation is 2. The van der Waals surface area contributed by atoms with E-state index in [1.165, 1.54) is 17.4 Å². The zero-order valence-electron chi connectivity index (χ0n) is 16.4. The molecule has 0 aliphatic carbocycles. The molecule has 0 aliphatic heterocycles. The molecule has 2 N–H and O–H groups in total. The second-order valence-corrected chi connectivity index (χ2v) is 8.53. The largest absolute Gasteiger partial charge is 0.357 e. The molecule has 0 amide bonds. The van der Waals surface area contributed by atoms with Gasteiger partial charge in [0.1, 0.15) is 0 Å². The Kier molecular flexibility index (Phi) is 7.36. The Hall–Kier alpha value is -2.41. The molecule has 1 heterocycles. The Morgan fingerprint density at radius 3 is 2.56 bits per heavy atom. The molecule has 0 fully saturated rings. The molecule has 2 rings (SSSR count). The summed E-state index contributed by atoms with van der Waals surface area (Å²) in [5.74, 6) is 0.744. The molecular formula is C20H28N4O2S. The Morgan fingerprint density at radius 2 is 1.93 bits per heavy atom. The van der Waals surface area contributed by atoms with Gasteiger partial charge in [-0.05, 0) is 61.6 Å². The summed E-state index contributed by atoms with van der Waals surface area (Å²) in [7, 11) is -3.20. The minimum Gasteiger partial charge on any atom is -0.357 e. The van der Waals surface area contributed by atoms with Crippen molar-refractivity contribution in [3.8, 4) is 0 Å². The molecule has 0 unspecified atom stereocenters. The van der Waals surface area contributed by atoms with Gasteiger partial charge in [-0.2, -0.15) is 0 Å². The number of hydrogen-bond acceptors (Lipinski definition) is 4. The van der Waals surface area contributed by atoms with Crippen LogP contribution in [0.3, 0.4) is 0 Å². The summed E-state index contributed by atoms with van der Waals surface area (Å²) in [6.45, 7) is 7.91. The number of guanidine groups is 1. The maximum Gasteiger partial charge on any atom is 0.191 e. The molecule has 0 atom stereocenters. The average molecular weight is 389 g/mol. The number of pyridine rings is 1. The molecule has 6 nitrogen and oxygen atoms in total. The first-order valence-corrected chi connectivity index (χ1v) is 10.9. The summed E-state index contributed by atoms with van der Waals surface area (Å²) in [5.41, 5.74) is 4.17. The molecule has 27 heavy (non-hydrogen) atoms. The highest BCUT2D eigenvalue weighted by molar-refractivity contribution is 7.90. The fourth-order valence-corrected chi connectivity index (χ4v) is 3.80. The molecule has 0 aliphatic rings. The molecule has 146 valence electrons. The van der Waals surface area contributed by atoms with E-state index in [1.54, 1.807) is 6.07 Å². The van der Waals surface area contributed by atoms with Gasteiger partial charge in [-0.3, -0.25) is 4.98 Å². The van der Waals surface area contributed by atoms with E-state index in [1.807, 2.05) is 44.4 Å². The van der Waals surface area contributed by atoms with E-state index in [0.29, 0.717) is 11.4 Å². The van der Waals surface area contributed by atoms with Crippen LogP contribution in [0.1, 0.15) is 29.2 Å². The lowest BCUT2D eigenvalue weighted by atomic mass is 10.1. The lowest BCUT2D eigenvalue weighted by Gasteiger charge is -2.12. The lowest BCUT2D eigenvalue weighted by molar-refractivity contribution is 0.601. The van der Waals surface area contributed by atoms with Gasteiger partial charge in [0, 0.05) is 31.7 Å². The van der Waals surface area contributed by atoms with Gasteiger partial charge in [0.15, 0.2) is 15.8 Å². The summed E-state index contributed by atoms with van der Waals surface area (Å²) in [6, 6.07) is 7.38. The predicted octanol–water partition coefficient (Wildman–Crippen LogP) is 2.40. The maximum absolute atomic E-state index is 11.7. The van der Waals surface area contributed by atoms with Gasteiger partial charge < -0.3 is 10.6 Å². The summed E-state index contributed by atoms with van der Waals surface area (Å²) in [5, 5.41) is 6.57. The summed E-state index contributed by atoms with van der Waals surface area (Å²) >= 11 is 0. The number of nitrogens with zero attached hydrogens (tertiary/aromatic N) is 2. The van der Waals surface area contributed by atoms with Gasteiger partial charge in [-0.25, -0.2) is 13.4 Å². The van der Waals surface area contributed by atoms with Gasteiger partial charge in [0.25, 0.3) is 0 Å². The first kappa shape index (κ1) is 20.9. The lowest BCUT2D eigenvalue weighted by Crippen LogP contribution is -2.38. The highest BCUT2D eigenvalue weighted by Crippen LogP contribution is 2.17. The first-order chi connectivity index (χ1) is 12.8. The number of aromatic nitrogens is 1. The average Bonchev–Trinajstić information content (AvgIpc) is 2.60. The van der Waals surface area contributed by atoms with E-state index < -0.39 is 9.84 Å². The van der Waals surface area contributed by atoms with Crippen molar-refractivity contribution in [3.05, 3.63) is 58.9 Å². The van der Waals surface area contributed by atoms with E-state index in [4.69, 9.17) is 0 Å². The van der Waals surface area contributed by atoms with Crippen molar-refractivity contribution in [1.82, 2.24) is 15.6 Å². The van der Waals surface area contributed by atoms with Crippen LogP contribution >= 0.6 is 0 Å². The molecule has 2 aromatic rings. The van der Waals surface area contributed by atoms with Crippen molar-refractivity contribution in [3.63, 3.8) is 0 Å². The normalized spacial score (nSPS) is 12.1. The molecule has 1 aromatic carbocycles. The van der Waals surface area contributed by atoms with Crippen LogP contribution in [0.25, 0.3) is 0 Å². The molecule has 0 saturated heterocycles. The Morgan fingerprint density at radius 1 is 1.15 bits per heavy atom. The minimum atomic E-state index is -3.20. The van der Waals surface area contributed by atoms with Crippen LogP contribution in [-0.4, -0.2) is 38.7 Å². The van der Waals surface area contributed by atoms with Gasteiger partial charge in [0.2, 0.25) is 0 Å². The van der Waals surface area contributed by atoms with Crippen molar-refractivity contribution in [2.75, 3.05) is 19.3 Å². The highest BCUT2D eigenvalue weighted by Gasteiger charge is 2.10. The molecule has 7 heteroatoms. The van der Waals surface area contributed by atoms with Crippen molar-refractivity contribution in [2.24, 2.45) is 4.99 Å². The third kappa shape index (κ3) is 6.36. The van der Waals surface area contributed by atoms with E-state index >= 15 is 0 Å². The third-order valence-corrected chi connectivity index (χ3v) is 5.48. The van der Waals surface area contributed by atoms with Crippen LogP contribution in [0.2, 0.25) is 0 Å². The van der Waals surface area contributed by atoms with Gasteiger partial charge in [0.05, 0.1) is 11.4 Å². The highest BCUT2D eigenvalue weighted by atomic mass is 32.2. The van der Waals surface area contributed by atoms with Gasteiger partial charge in [-0.15, -0.1) is 0 Å². The second kappa shape index (κ2) is 9.50. The van der Waals surface area contributed by atoms with Crippen molar-refractivity contribution in [2.45, 2.75) is 38.6 Å². The van der Waals surface area contributed by atoms with E-state index in [2.05, 4.69) is 27.5 Å². The van der Waals surface area contributed by atoms with Gasteiger partial charge >= 0.3 is 0 Å². The van der Waals surface area contributed by atoms with Crippen molar-refractivity contribution < 1.29 is 8.42 Å². The Bertz CT molecular complexity index is 908. The summed E-state index contributed by atoms with van der Waals surface area (Å²) in [6.07, 6.45) is 5.80. The van der Waals surface area contributed by atoms with Crippen molar-refractivity contribution >= 4 is 15.8 Å². The molecule has 0 radical (unpaired) electrons.